The third-order valence-electron chi connectivity index (χ3n) is 4.33. The highest BCUT2D eigenvalue weighted by atomic mass is 127. The van der Waals surface area contributed by atoms with Crippen LogP contribution in [-0.2, 0) is 9.53 Å². The van der Waals surface area contributed by atoms with Gasteiger partial charge in [0.2, 0.25) is 0 Å². The van der Waals surface area contributed by atoms with Crippen molar-refractivity contribution in [1.82, 2.24) is 0 Å². The van der Waals surface area contributed by atoms with Gasteiger partial charge in [-0.3, -0.25) is 4.79 Å². The summed E-state index contributed by atoms with van der Waals surface area (Å²) in [6.45, 7) is 0. The summed E-state index contributed by atoms with van der Waals surface area (Å²) in [5.74, 6) is -0.222. The van der Waals surface area contributed by atoms with Gasteiger partial charge in [-0.2, -0.15) is 0 Å². The van der Waals surface area contributed by atoms with Crippen LogP contribution in [0.25, 0.3) is 0 Å². The molecular weight excluding hydrogens is 465 g/mol. The molecule has 1 aliphatic carbocycles. The monoisotopic (exact) mass is 481 g/mol. The molecule has 0 amide bonds. The van der Waals surface area contributed by atoms with Crippen molar-refractivity contribution in [2.75, 3.05) is 12.4 Å². The van der Waals surface area contributed by atoms with Gasteiger partial charge in [-0.1, -0.05) is 29.8 Å². The Morgan fingerprint density at radius 2 is 1.96 bits per heavy atom. The summed E-state index contributed by atoms with van der Waals surface area (Å²) in [5, 5.41) is 4.03. The molecule has 0 aromatic heterocycles. The number of rotatable bonds is 4. The van der Waals surface area contributed by atoms with E-state index in [1.165, 1.54) is 7.11 Å². The topological polar surface area (TPSA) is 55.4 Å². The van der Waals surface area contributed by atoms with Crippen molar-refractivity contribution in [1.29, 1.82) is 0 Å². The Hall–Kier alpha value is -1.86. The van der Waals surface area contributed by atoms with Crippen molar-refractivity contribution in [2.45, 2.75) is 18.8 Å². The molecule has 0 fully saturated rings. The highest BCUT2D eigenvalue weighted by molar-refractivity contribution is 14.1. The number of ether oxygens (including phenoxy) is 1. The molecule has 0 saturated carbocycles. The Morgan fingerprint density at radius 3 is 2.65 bits per heavy atom. The zero-order chi connectivity index (χ0) is 18.7. The molecule has 0 saturated heterocycles. The third kappa shape index (κ3) is 4.10. The van der Waals surface area contributed by atoms with Crippen LogP contribution < -0.4 is 5.32 Å². The molecule has 26 heavy (non-hydrogen) atoms. The van der Waals surface area contributed by atoms with Gasteiger partial charge in [-0.15, -0.1) is 0 Å². The predicted octanol–water partition coefficient (Wildman–Crippen LogP) is 5.17. The van der Waals surface area contributed by atoms with E-state index >= 15 is 0 Å². The first-order valence-corrected chi connectivity index (χ1v) is 9.59. The Kier molecular flexibility index (Phi) is 5.98. The molecule has 4 nitrogen and oxygen atoms in total. The van der Waals surface area contributed by atoms with Crippen LogP contribution >= 0.6 is 34.2 Å². The molecule has 1 N–H and O–H groups in total. The highest BCUT2D eigenvalue weighted by Gasteiger charge is 2.24. The first kappa shape index (κ1) is 18.9. The van der Waals surface area contributed by atoms with Crippen LogP contribution in [0.15, 0.2) is 54.2 Å². The molecule has 0 aliphatic heterocycles. The zero-order valence-corrected chi connectivity index (χ0v) is 17.0. The maximum atomic E-state index is 12.0. The fourth-order valence-corrected chi connectivity index (χ4v) is 3.85. The number of carbonyl (C=O) groups is 2. The summed E-state index contributed by atoms with van der Waals surface area (Å²) in [7, 11) is 1.36. The number of hydrogen-bond donors (Lipinski definition) is 1. The van der Waals surface area contributed by atoms with Crippen molar-refractivity contribution >= 4 is 51.6 Å². The Bertz CT molecular complexity index is 877. The fourth-order valence-electron chi connectivity index (χ4n) is 3.00. The standard InChI is InChI=1S/C20H17ClINO3/c1-26-20(25)16-3-2-4-17(19(16)22)23-18-11-14(24)9-10-15(18)12-5-7-13(21)8-6-12/h2-8,11,15,23H,9-10H2,1H3. The molecule has 0 radical (unpaired) electrons. The van der Waals surface area contributed by atoms with Gasteiger partial charge in [0, 0.05) is 29.1 Å². The van der Waals surface area contributed by atoms with Gasteiger partial charge in [-0.25, -0.2) is 4.79 Å². The van der Waals surface area contributed by atoms with Crippen LogP contribution in [0.4, 0.5) is 5.69 Å². The van der Waals surface area contributed by atoms with Gasteiger partial charge in [-0.05, 0) is 58.8 Å². The van der Waals surface area contributed by atoms with E-state index in [0.717, 1.165) is 26.9 Å². The van der Waals surface area contributed by atoms with E-state index in [-0.39, 0.29) is 17.7 Å². The first-order chi connectivity index (χ1) is 12.5. The van der Waals surface area contributed by atoms with Gasteiger partial charge in [0.15, 0.2) is 5.78 Å². The van der Waals surface area contributed by atoms with E-state index in [4.69, 9.17) is 16.3 Å². The van der Waals surface area contributed by atoms with Crippen LogP contribution in [0, 0.1) is 3.57 Å². The minimum atomic E-state index is -0.388. The zero-order valence-electron chi connectivity index (χ0n) is 14.1. The summed E-state index contributed by atoms with van der Waals surface area (Å²) in [4.78, 5) is 23.9. The second-order valence-corrected chi connectivity index (χ2v) is 7.51. The number of halogens is 2. The highest BCUT2D eigenvalue weighted by Crippen LogP contribution is 2.35. The molecule has 134 valence electrons. The molecule has 2 aromatic carbocycles. The molecule has 0 spiro atoms. The summed E-state index contributed by atoms with van der Waals surface area (Å²) < 4.78 is 5.58. The van der Waals surface area contributed by atoms with Gasteiger partial charge in [0.1, 0.15) is 0 Å². The Balaban J connectivity index is 1.94. The Labute approximate surface area is 170 Å². The number of methoxy groups -OCH3 is 1. The number of carbonyl (C=O) groups excluding carboxylic acids is 2. The fraction of sp³-hybridized carbons (Fsp3) is 0.200. The van der Waals surface area contributed by atoms with Crippen molar-refractivity contribution in [3.05, 3.63) is 74.0 Å². The lowest BCUT2D eigenvalue weighted by Crippen LogP contribution is -2.19. The predicted molar refractivity (Wildman–Crippen MR) is 111 cm³/mol. The van der Waals surface area contributed by atoms with Crippen LogP contribution in [0.2, 0.25) is 5.02 Å². The molecular formula is C20H17ClINO3. The SMILES string of the molecule is COC(=O)c1cccc(NC2=CC(=O)CCC2c2ccc(Cl)cc2)c1I. The number of anilines is 1. The van der Waals surface area contributed by atoms with E-state index in [2.05, 4.69) is 27.9 Å². The van der Waals surface area contributed by atoms with E-state index in [0.29, 0.717) is 17.0 Å². The molecule has 0 heterocycles. The second-order valence-electron chi connectivity index (χ2n) is 5.99. The molecule has 3 rings (SSSR count). The lowest BCUT2D eigenvalue weighted by Gasteiger charge is -2.26. The summed E-state index contributed by atoms with van der Waals surface area (Å²) >= 11 is 8.11. The smallest absolute Gasteiger partial charge is 0.339 e. The average Bonchev–Trinajstić information content (AvgIpc) is 2.64. The number of nitrogens with one attached hydrogen (secondary N) is 1. The van der Waals surface area contributed by atoms with Gasteiger partial charge < -0.3 is 10.1 Å². The van der Waals surface area contributed by atoms with Crippen LogP contribution in [0.5, 0.6) is 0 Å². The number of ketones is 1. The summed E-state index contributed by atoms with van der Waals surface area (Å²) in [6, 6.07) is 13.1. The first-order valence-electron chi connectivity index (χ1n) is 8.13. The van der Waals surface area contributed by atoms with Crippen molar-refractivity contribution in [2.24, 2.45) is 0 Å². The van der Waals surface area contributed by atoms with E-state index in [9.17, 15) is 9.59 Å². The van der Waals surface area contributed by atoms with E-state index < -0.39 is 0 Å². The number of benzene rings is 2. The normalized spacial score (nSPS) is 16.8. The summed E-state index contributed by atoms with van der Waals surface area (Å²) in [6.07, 6.45) is 2.90. The number of allylic oxidation sites excluding steroid dienone is 2. The molecule has 2 aromatic rings. The van der Waals surface area contributed by atoms with E-state index in [1.807, 2.05) is 30.3 Å². The van der Waals surface area contributed by atoms with E-state index in [1.54, 1.807) is 18.2 Å². The maximum Gasteiger partial charge on any atom is 0.339 e. The van der Waals surface area contributed by atoms with Gasteiger partial charge in [0.05, 0.1) is 21.9 Å². The van der Waals surface area contributed by atoms with Crippen molar-refractivity contribution in [3.8, 4) is 0 Å². The minimum Gasteiger partial charge on any atom is -0.465 e. The van der Waals surface area contributed by atoms with Crippen molar-refractivity contribution < 1.29 is 14.3 Å². The third-order valence-corrected chi connectivity index (χ3v) is 5.74. The lowest BCUT2D eigenvalue weighted by atomic mass is 9.85. The summed E-state index contributed by atoms with van der Waals surface area (Å²) in [5.41, 5.74) is 3.18. The minimum absolute atomic E-state index is 0.0718. The van der Waals surface area contributed by atoms with Gasteiger partial charge in [0.25, 0.3) is 0 Å². The second kappa shape index (κ2) is 8.22. The molecule has 6 heteroatoms. The largest absolute Gasteiger partial charge is 0.465 e. The van der Waals surface area contributed by atoms with Gasteiger partial charge >= 0.3 is 5.97 Å². The van der Waals surface area contributed by atoms with Crippen molar-refractivity contribution in [3.63, 3.8) is 0 Å². The maximum absolute atomic E-state index is 12.0. The molecule has 1 aliphatic rings. The number of hydrogen-bond acceptors (Lipinski definition) is 4. The molecule has 0 bridgehead atoms. The molecule has 1 atom stereocenters. The van der Waals surface area contributed by atoms with Crippen LogP contribution in [0.1, 0.15) is 34.7 Å². The van der Waals surface area contributed by atoms with Crippen LogP contribution in [0.3, 0.4) is 0 Å². The number of esters is 1. The Morgan fingerprint density at radius 1 is 1.23 bits per heavy atom. The van der Waals surface area contributed by atoms with Crippen LogP contribution in [-0.4, -0.2) is 18.9 Å². The average molecular weight is 482 g/mol. The molecule has 1 unspecified atom stereocenters. The lowest BCUT2D eigenvalue weighted by molar-refractivity contribution is -0.115. The quantitative estimate of drug-likeness (QED) is 0.483.